The highest BCUT2D eigenvalue weighted by Gasteiger charge is 2.30. The minimum absolute atomic E-state index is 0.189. The molecule has 0 saturated carbocycles. The van der Waals surface area contributed by atoms with Crippen LogP contribution in [0.15, 0.2) is 59.8 Å². The minimum Gasteiger partial charge on any atom is -0.463 e. The normalized spacial score (nSPS) is 15.6. The molecule has 0 aromatic heterocycles. The number of esters is 2. The number of urea groups is 1. The van der Waals surface area contributed by atoms with Gasteiger partial charge >= 0.3 is 18.0 Å². The van der Waals surface area contributed by atoms with Gasteiger partial charge in [0.25, 0.3) is 0 Å². The molecule has 2 aromatic carbocycles. The van der Waals surface area contributed by atoms with Crippen LogP contribution < -0.4 is 16.0 Å². The zero-order valence-electron chi connectivity index (χ0n) is 17.7. The highest BCUT2D eigenvalue weighted by atomic mass is 16.5. The number of para-hydroxylation sites is 1. The molecular formula is C23H25N3O5. The first-order chi connectivity index (χ1) is 14.9. The average molecular weight is 423 g/mol. The number of carbonyl (C=O) groups is 3. The molecule has 1 unspecified atom stereocenters. The minimum atomic E-state index is -0.591. The molecule has 1 atom stereocenters. The summed E-state index contributed by atoms with van der Waals surface area (Å²) in [5, 5.41) is 8.35. The third-order valence-electron chi connectivity index (χ3n) is 4.69. The van der Waals surface area contributed by atoms with Crippen molar-refractivity contribution in [3.05, 3.63) is 70.9 Å². The fraction of sp³-hybridized carbons (Fsp3) is 0.261. The lowest BCUT2D eigenvalue weighted by atomic mass is 10.0. The lowest BCUT2D eigenvalue weighted by molar-refractivity contribution is -0.139. The number of carbonyl (C=O) groups excluding carboxylic acids is 3. The Hall–Kier alpha value is -3.81. The molecule has 0 saturated heterocycles. The number of aryl methyl sites for hydroxylation is 1. The van der Waals surface area contributed by atoms with Gasteiger partial charge in [-0.3, -0.25) is 0 Å². The van der Waals surface area contributed by atoms with Gasteiger partial charge in [0.05, 0.1) is 35.2 Å². The van der Waals surface area contributed by atoms with E-state index in [1.165, 1.54) is 0 Å². The molecule has 0 radical (unpaired) electrons. The number of rotatable bonds is 7. The van der Waals surface area contributed by atoms with E-state index < -0.39 is 24.0 Å². The van der Waals surface area contributed by atoms with Crippen molar-refractivity contribution in [1.29, 1.82) is 0 Å². The van der Waals surface area contributed by atoms with Crippen molar-refractivity contribution >= 4 is 29.3 Å². The summed E-state index contributed by atoms with van der Waals surface area (Å²) in [5.41, 5.74) is 3.29. The van der Waals surface area contributed by atoms with Crippen molar-refractivity contribution < 1.29 is 23.9 Å². The van der Waals surface area contributed by atoms with E-state index in [4.69, 9.17) is 9.47 Å². The summed E-state index contributed by atoms with van der Waals surface area (Å²) in [6.07, 6.45) is 0. The fourth-order valence-corrected chi connectivity index (χ4v) is 3.17. The third-order valence-corrected chi connectivity index (χ3v) is 4.69. The summed E-state index contributed by atoms with van der Waals surface area (Å²) in [6, 6.07) is 13.7. The Labute approximate surface area is 180 Å². The molecule has 8 heteroatoms. The predicted molar refractivity (Wildman–Crippen MR) is 116 cm³/mol. The van der Waals surface area contributed by atoms with Crippen LogP contribution in [0.1, 0.15) is 29.8 Å². The number of anilines is 2. The van der Waals surface area contributed by atoms with Crippen LogP contribution in [0.2, 0.25) is 0 Å². The van der Waals surface area contributed by atoms with Crippen molar-refractivity contribution in [2.24, 2.45) is 0 Å². The van der Waals surface area contributed by atoms with Gasteiger partial charge in [0.1, 0.15) is 6.61 Å². The molecule has 0 aliphatic carbocycles. The van der Waals surface area contributed by atoms with Gasteiger partial charge in [-0.05, 0) is 45.0 Å². The number of benzene rings is 2. The Morgan fingerprint density at radius 1 is 1.03 bits per heavy atom. The van der Waals surface area contributed by atoms with Crippen LogP contribution in [0.5, 0.6) is 0 Å². The van der Waals surface area contributed by atoms with Crippen molar-refractivity contribution in [2.45, 2.75) is 26.8 Å². The molecule has 0 spiro atoms. The number of ether oxygens (including phenoxy) is 2. The molecule has 2 amide bonds. The van der Waals surface area contributed by atoms with E-state index in [9.17, 15) is 14.4 Å². The van der Waals surface area contributed by atoms with Crippen molar-refractivity contribution in [1.82, 2.24) is 10.6 Å². The largest absolute Gasteiger partial charge is 0.463 e. The van der Waals surface area contributed by atoms with E-state index in [1.807, 2.05) is 37.3 Å². The van der Waals surface area contributed by atoms with Gasteiger partial charge in [-0.1, -0.05) is 29.8 Å². The molecule has 1 aliphatic rings. The quantitative estimate of drug-likeness (QED) is 0.590. The zero-order valence-corrected chi connectivity index (χ0v) is 17.7. The van der Waals surface area contributed by atoms with E-state index in [2.05, 4.69) is 16.0 Å². The monoisotopic (exact) mass is 423 g/mol. The molecule has 3 N–H and O–H groups in total. The molecule has 2 aromatic rings. The highest BCUT2D eigenvalue weighted by Crippen LogP contribution is 2.23. The fourth-order valence-electron chi connectivity index (χ4n) is 3.17. The number of nitrogens with one attached hydrogen (secondary N) is 3. The Kier molecular flexibility index (Phi) is 6.92. The van der Waals surface area contributed by atoms with E-state index in [0.717, 1.165) is 11.3 Å². The van der Waals surface area contributed by atoms with Gasteiger partial charge in [0.2, 0.25) is 0 Å². The standard InChI is InChI=1S/C23H25N3O5/c1-4-30-22(28)20-15(3)24-23(29)26-19(20)13-31-21(27)17-7-5-6-8-18(17)25-16-11-9-14(2)10-12-16/h5-12,15,25H,4,13H2,1-3H3,(H2,24,26,29). The molecule has 162 valence electrons. The van der Waals surface area contributed by atoms with Gasteiger partial charge in [0, 0.05) is 5.69 Å². The second kappa shape index (κ2) is 9.80. The molecular weight excluding hydrogens is 398 g/mol. The van der Waals surface area contributed by atoms with Crippen LogP contribution in [-0.4, -0.2) is 37.2 Å². The average Bonchev–Trinajstić information content (AvgIpc) is 2.73. The number of hydrogen-bond donors (Lipinski definition) is 3. The summed E-state index contributed by atoms with van der Waals surface area (Å²) in [6.45, 7) is 5.26. The first-order valence-electron chi connectivity index (χ1n) is 9.96. The first kappa shape index (κ1) is 21.9. The maximum Gasteiger partial charge on any atom is 0.340 e. The smallest absolute Gasteiger partial charge is 0.340 e. The second-order valence-electron chi connectivity index (χ2n) is 7.05. The van der Waals surface area contributed by atoms with Crippen LogP contribution in [0.25, 0.3) is 0 Å². The van der Waals surface area contributed by atoms with Crippen molar-refractivity contribution in [3.63, 3.8) is 0 Å². The maximum absolute atomic E-state index is 12.8. The van der Waals surface area contributed by atoms with E-state index in [-0.39, 0.29) is 24.5 Å². The number of hydrogen-bond acceptors (Lipinski definition) is 6. The Balaban J connectivity index is 1.78. The van der Waals surface area contributed by atoms with Gasteiger partial charge in [-0.15, -0.1) is 0 Å². The molecule has 0 fully saturated rings. The van der Waals surface area contributed by atoms with Crippen LogP contribution in [0.4, 0.5) is 16.2 Å². The summed E-state index contributed by atoms with van der Waals surface area (Å²) in [7, 11) is 0. The lowest BCUT2D eigenvalue weighted by Crippen LogP contribution is -2.50. The molecule has 3 rings (SSSR count). The van der Waals surface area contributed by atoms with Crippen LogP contribution in [0.3, 0.4) is 0 Å². The SMILES string of the molecule is CCOC(=O)C1=C(COC(=O)c2ccccc2Nc2ccc(C)cc2)NC(=O)NC1C. The lowest BCUT2D eigenvalue weighted by Gasteiger charge is -2.26. The van der Waals surface area contributed by atoms with Crippen molar-refractivity contribution in [3.8, 4) is 0 Å². The van der Waals surface area contributed by atoms with E-state index in [1.54, 1.807) is 32.0 Å². The Morgan fingerprint density at radius 2 is 1.74 bits per heavy atom. The predicted octanol–water partition coefficient (Wildman–Crippen LogP) is 3.41. The highest BCUT2D eigenvalue weighted by molar-refractivity contribution is 5.97. The Bertz CT molecular complexity index is 1010. The number of amides is 2. The molecule has 31 heavy (non-hydrogen) atoms. The zero-order chi connectivity index (χ0) is 22.4. The van der Waals surface area contributed by atoms with Gasteiger partial charge in [-0.25, -0.2) is 14.4 Å². The summed E-state index contributed by atoms with van der Waals surface area (Å²) in [5.74, 6) is -1.17. The van der Waals surface area contributed by atoms with Gasteiger partial charge in [-0.2, -0.15) is 0 Å². The van der Waals surface area contributed by atoms with E-state index in [0.29, 0.717) is 11.3 Å². The molecule has 1 aliphatic heterocycles. The van der Waals surface area contributed by atoms with Crippen LogP contribution in [0, 0.1) is 6.92 Å². The van der Waals surface area contributed by atoms with Gasteiger partial charge in [0.15, 0.2) is 0 Å². The van der Waals surface area contributed by atoms with Crippen LogP contribution >= 0.6 is 0 Å². The summed E-state index contributed by atoms with van der Waals surface area (Å²) < 4.78 is 10.5. The molecule has 0 bridgehead atoms. The van der Waals surface area contributed by atoms with Crippen LogP contribution in [-0.2, 0) is 14.3 Å². The topological polar surface area (TPSA) is 106 Å². The van der Waals surface area contributed by atoms with Gasteiger partial charge < -0.3 is 25.4 Å². The molecule has 8 nitrogen and oxygen atoms in total. The van der Waals surface area contributed by atoms with Crippen molar-refractivity contribution in [2.75, 3.05) is 18.5 Å². The Morgan fingerprint density at radius 3 is 2.45 bits per heavy atom. The van der Waals surface area contributed by atoms with E-state index >= 15 is 0 Å². The molecule has 1 heterocycles. The maximum atomic E-state index is 12.8. The summed E-state index contributed by atoms with van der Waals surface area (Å²) >= 11 is 0. The summed E-state index contributed by atoms with van der Waals surface area (Å²) in [4.78, 5) is 36.9. The third kappa shape index (κ3) is 5.42. The first-order valence-corrected chi connectivity index (χ1v) is 9.96. The second-order valence-corrected chi connectivity index (χ2v) is 7.05.